The summed E-state index contributed by atoms with van der Waals surface area (Å²) in [7, 11) is 0. The van der Waals surface area contributed by atoms with Gasteiger partial charge in [-0.05, 0) is 78.9 Å². The summed E-state index contributed by atoms with van der Waals surface area (Å²) in [6, 6.07) is 0. The molecular formula is C18H30O. The van der Waals surface area contributed by atoms with Gasteiger partial charge in [0.05, 0.1) is 5.60 Å². The number of fused-ring (bicyclic) bond motifs is 2. The maximum absolute atomic E-state index is 11.5. The lowest BCUT2D eigenvalue weighted by atomic mass is 9.31. The van der Waals surface area contributed by atoms with E-state index in [2.05, 4.69) is 27.7 Å². The zero-order valence-electron chi connectivity index (χ0n) is 13.1. The molecule has 0 aromatic rings. The Bertz CT molecular complexity index is 427. The lowest BCUT2D eigenvalue weighted by Gasteiger charge is -2.74. The molecule has 1 heteroatoms. The van der Waals surface area contributed by atoms with Gasteiger partial charge >= 0.3 is 0 Å². The molecule has 1 nitrogen and oxygen atoms in total. The predicted octanol–water partition coefficient (Wildman–Crippen LogP) is 4.39. The van der Waals surface area contributed by atoms with Crippen molar-refractivity contribution in [3.8, 4) is 0 Å². The quantitative estimate of drug-likeness (QED) is 0.686. The molecule has 0 heterocycles. The van der Waals surface area contributed by atoms with Gasteiger partial charge in [0, 0.05) is 0 Å². The summed E-state index contributed by atoms with van der Waals surface area (Å²) in [6.07, 6.45) is 9.02. The molecule has 0 aromatic carbocycles. The van der Waals surface area contributed by atoms with Crippen molar-refractivity contribution >= 4 is 0 Å². The third-order valence-corrected chi connectivity index (χ3v) is 8.77. The van der Waals surface area contributed by atoms with Gasteiger partial charge in [0.2, 0.25) is 0 Å². The first-order chi connectivity index (χ1) is 8.74. The van der Waals surface area contributed by atoms with E-state index in [0.29, 0.717) is 10.8 Å². The van der Waals surface area contributed by atoms with Crippen LogP contribution in [0.3, 0.4) is 0 Å². The molecule has 4 rings (SSSR count). The van der Waals surface area contributed by atoms with Gasteiger partial charge in [0.15, 0.2) is 0 Å². The molecule has 4 fully saturated rings. The average Bonchev–Trinajstić information content (AvgIpc) is 2.40. The van der Waals surface area contributed by atoms with Crippen molar-refractivity contribution in [2.24, 2.45) is 34.0 Å². The van der Waals surface area contributed by atoms with Crippen molar-refractivity contribution in [1.82, 2.24) is 0 Å². The van der Waals surface area contributed by atoms with E-state index in [1.54, 1.807) is 0 Å². The van der Waals surface area contributed by atoms with E-state index in [1.165, 1.54) is 32.1 Å². The van der Waals surface area contributed by atoms with Crippen LogP contribution in [0, 0.1) is 34.0 Å². The van der Waals surface area contributed by atoms with Crippen LogP contribution < -0.4 is 0 Å². The van der Waals surface area contributed by atoms with Gasteiger partial charge in [0.1, 0.15) is 0 Å². The molecule has 3 bridgehead atoms. The SMILES string of the molecule is C[C@H]1CC[C@]2(O)CC34C[C@@H](CC[C@@]3(C)C[C@H]14)C2(C)C. The zero-order chi connectivity index (χ0) is 13.7. The Morgan fingerprint density at radius 2 is 1.74 bits per heavy atom. The second-order valence-electron chi connectivity index (χ2n) is 9.41. The molecule has 0 amide bonds. The second-order valence-corrected chi connectivity index (χ2v) is 9.41. The number of hydrogen-bond donors (Lipinski definition) is 1. The van der Waals surface area contributed by atoms with E-state index in [9.17, 15) is 5.11 Å². The van der Waals surface area contributed by atoms with E-state index in [0.717, 1.165) is 30.6 Å². The highest BCUT2D eigenvalue weighted by Crippen LogP contribution is 2.79. The molecule has 0 saturated heterocycles. The fraction of sp³-hybridized carbons (Fsp3) is 1.00. The molecule has 4 aliphatic carbocycles. The van der Waals surface area contributed by atoms with Crippen LogP contribution in [0.15, 0.2) is 0 Å². The van der Waals surface area contributed by atoms with Gasteiger partial charge in [-0.1, -0.05) is 27.7 Å². The molecule has 108 valence electrons. The van der Waals surface area contributed by atoms with Crippen molar-refractivity contribution in [2.45, 2.75) is 78.2 Å². The van der Waals surface area contributed by atoms with Gasteiger partial charge in [-0.3, -0.25) is 0 Å². The number of hydrogen-bond acceptors (Lipinski definition) is 1. The van der Waals surface area contributed by atoms with Crippen LogP contribution in [-0.4, -0.2) is 10.7 Å². The Kier molecular flexibility index (Phi) is 2.16. The summed E-state index contributed by atoms with van der Waals surface area (Å²) in [4.78, 5) is 0. The minimum Gasteiger partial charge on any atom is -0.389 e. The zero-order valence-corrected chi connectivity index (χ0v) is 13.1. The Balaban J connectivity index is 1.86. The fourth-order valence-corrected chi connectivity index (χ4v) is 6.97. The summed E-state index contributed by atoms with van der Waals surface area (Å²) in [5, 5.41) is 11.5. The van der Waals surface area contributed by atoms with Crippen LogP contribution in [0.5, 0.6) is 0 Å². The van der Waals surface area contributed by atoms with E-state index in [1.807, 2.05) is 0 Å². The monoisotopic (exact) mass is 262 g/mol. The molecule has 0 radical (unpaired) electrons. The lowest BCUT2D eigenvalue weighted by Crippen LogP contribution is -2.69. The highest BCUT2D eigenvalue weighted by molar-refractivity contribution is 5.23. The molecule has 1 unspecified atom stereocenters. The summed E-state index contributed by atoms with van der Waals surface area (Å²) >= 11 is 0. The largest absolute Gasteiger partial charge is 0.389 e. The molecule has 6 atom stereocenters. The summed E-state index contributed by atoms with van der Waals surface area (Å²) in [5.74, 6) is 2.49. The van der Waals surface area contributed by atoms with Gasteiger partial charge in [0.25, 0.3) is 0 Å². The van der Waals surface area contributed by atoms with Gasteiger partial charge in [-0.25, -0.2) is 0 Å². The summed E-state index contributed by atoms with van der Waals surface area (Å²) in [5.41, 5.74) is 0.790. The van der Waals surface area contributed by atoms with E-state index in [-0.39, 0.29) is 11.0 Å². The van der Waals surface area contributed by atoms with Crippen molar-refractivity contribution in [1.29, 1.82) is 0 Å². The Labute approximate surface area is 118 Å². The molecule has 0 aliphatic heterocycles. The van der Waals surface area contributed by atoms with Gasteiger partial charge < -0.3 is 5.11 Å². The second kappa shape index (κ2) is 3.24. The van der Waals surface area contributed by atoms with Gasteiger partial charge in [-0.15, -0.1) is 0 Å². The maximum Gasteiger partial charge on any atom is 0.0706 e. The van der Waals surface area contributed by atoms with Crippen molar-refractivity contribution in [3.05, 3.63) is 0 Å². The van der Waals surface area contributed by atoms with Crippen LogP contribution in [0.2, 0.25) is 0 Å². The molecule has 4 aliphatic rings. The van der Waals surface area contributed by atoms with Crippen LogP contribution >= 0.6 is 0 Å². The summed E-state index contributed by atoms with van der Waals surface area (Å²) in [6.45, 7) is 9.71. The average molecular weight is 262 g/mol. The normalized spacial score (nSPS) is 62.1. The first kappa shape index (κ1) is 12.7. The number of rotatable bonds is 0. The first-order valence-electron chi connectivity index (χ1n) is 8.47. The van der Waals surface area contributed by atoms with E-state index in [4.69, 9.17) is 0 Å². The van der Waals surface area contributed by atoms with Gasteiger partial charge in [-0.2, -0.15) is 0 Å². The molecule has 0 aromatic heterocycles. The minimum absolute atomic E-state index is 0.129. The van der Waals surface area contributed by atoms with Crippen molar-refractivity contribution in [3.63, 3.8) is 0 Å². The Morgan fingerprint density at radius 1 is 1.00 bits per heavy atom. The van der Waals surface area contributed by atoms with Crippen LogP contribution in [0.1, 0.15) is 72.6 Å². The first-order valence-corrected chi connectivity index (χ1v) is 8.47. The number of aliphatic hydroxyl groups is 1. The maximum atomic E-state index is 11.5. The smallest absolute Gasteiger partial charge is 0.0706 e. The standard InChI is InChI=1S/C18H30O/c1-12-5-8-18(19)11-17-9-13(15(18,2)3)6-7-16(17,4)10-14(12)17/h12-14,19H,5-11H2,1-4H3/t12-,13+,14+,16-,17?,18-/m0/s1. The summed E-state index contributed by atoms with van der Waals surface area (Å²) < 4.78 is 0. The third kappa shape index (κ3) is 1.19. The molecule has 1 spiro atoms. The van der Waals surface area contributed by atoms with E-state index >= 15 is 0 Å². The Hall–Kier alpha value is -0.0400. The fourth-order valence-electron chi connectivity index (χ4n) is 6.97. The molecule has 1 N–H and O–H groups in total. The molecule has 19 heavy (non-hydrogen) atoms. The van der Waals surface area contributed by atoms with Crippen LogP contribution in [0.4, 0.5) is 0 Å². The van der Waals surface area contributed by atoms with Crippen LogP contribution in [-0.2, 0) is 0 Å². The highest BCUT2D eigenvalue weighted by Gasteiger charge is 2.73. The van der Waals surface area contributed by atoms with E-state index < -0.39 is 0 Å². The van der Waals surface area contributed by atoms with Crippen molar-refractivity contribution < 1.29 is 5.11 Å². The molecular weight excluding hydrogens is 232 g/mol. The Morgan fingerprint density at radius 3 is 2.47 bits per heavy atom. The lowest BCUT2D eigenvalue weighted by molar-refractivity contribution is -0.279. The topological polar surface area (TPSA) is 20.2 Å². The third-order valence-electron chi connectivity index (χ3n) is 8.77. The molecule has 4 saturated carbocycles. The highest BCUT2D eigenvalue weighted by atomic mass is 16.3. The van der Waals surface area contributed by atoms with Crippen LogP contribution in [0.25, 0.3) is 0 Å². The predicted molar refractivity (Wildman–Crippen MR) is 77.7 cm³/mol. The van der Waals surface area contributed by atoms with Crippen molar-refractivity contribution in [2.75, 3.05) is 0 Å². The minimum atomic E-state index is -0.388.